The molecule has 0 saturated carbocycles. The lowest BCUT2D eigenvalue weighted by Crippen LogP contribution is -2.31. The van der Waals surface area contributed by atoms with Crippen LogP contribution in [0.15, 0.2) is 30.3 Å². The van der Waals surface area contributed by atoms with Gasteiger partial charge in [-0.15, -0.1) is 0 Å². The number of amides is 1. The fourth-order valence-electron chi connectivity index (χ4n) is 1.52. The van der Waals surface area contributed by atoms with Crippen LogP contribution in [0, 0.1) is 10.1 Å². The van der Waals surface area contributed by atoms with Gasteiger partial charge in [0.25, 0.3) is 5.69 Å². The monoisotopic (exact) mass is 264 g/mol. The number of non-ortho nitro benzene ring substituents is 1. The van der Waals surface area contributed by atoms with Crippen molar-refractivity contribution in [2.75, 3.05) is 13.6 Å². The van der Waals surface area contributed by atoms with Crippen LogP contribution in [0.1, 0.15) is 12.5 Å². The lowest BCUT2D eigenvalue weighted by atomic mass is 10.2. The summed E-state index contributed by atoms with van der Waals surface area (Å²) in [5, 5.41) is 19.8. The molecule has 1 aromatic rings. The van der Waals surface area contributed by atoms with Crippen LogP contribution in [0.25, 0.3) is 6.08 Å². The Morgan fingerprint density at radius 2 is 2.26 bits per heavy atom. The number of nitro benzene ring substituents is 1. The van der Waals surface area contributed by atoms with Crippen molar-refractivity contribution in [1.82, 2.24) is 4.90 Å². The van der Waals surface area contributed by atoms with Gasteiger partial charge in [-0.25, -0.2) is 0 Å². The highest BCUT2D eigenvalue weighted by Gasteiger charge is 2.08. The van der Waals surface area contributed by atoms with Crippen molar-refractivity contribution in [3.05, 3.63) is 46.0 Å². The number of aliphatic hydroxyl groups excluding tert-OH is 1. The second kappa shape index (κ2) is 6.65. The molecule has 0 spiro atoms. The first-order valence-electron chi connectivity index (χ1n) is 5.76. The quantitative estimate of drug-likeness (QED) is 0.495. The predicted molar refractivity (Wildman–Crippen MR) is 71.4 cm³/mol. The number of aliphatic hydroxyl groups is 1. The fourth-order valence-corrected chi connectivity index (χ4v) is 1.52. The molecule has 1 unspecified atom stereocenters. The van der Waals surface area contributed by atoms with E-state index in [-0.39, 0.29) is 18.1 Å². The van der Waals surface area contributed by atoms with Gasteiger partial charge in [-0.1, -0.05) is 12.1 Å². The van der Waals surface area contributed by atoms with Crippen LogP contribution >= 0.6 is 0 Å². The van der Waals surface area contributed by atoms with Gasteiger partial charge in [0.2, 0.25) is 5.91 Å². The average molecular weight is 264 g/mol. The molecule has 0 fully saturated rings. The molecular formula is C13H16N2O4. The molecule has 1 N–H and O–H groups in total. The maximum Gasteiger partial charge on any atom is 0.270 e. The molecule has 1 aromatic carbocycles. The number of hydrogen-bond donors (Lipinski definition) is 1. The molecule has 0 bridgehead atoms. The Bertz CT molecular complexity index is 497. The van der Waals surface area contributed by atoms with Gasteiger partial charge >= 0.3 is 0 Å². The van der Waals surface area contributed by atoms with E-state index in [9.17, 15) is 14.9 Å². The summed E-state index contributed by atoms with van der Waals surface area (Å²) in [6.07, 6.45) is 2.23. The van der Waals surface area contributed by atoms with E-state index in [1.807, 2.05) is 0 Å². The molecule has 102 valence electrons. The van der Waals surface area contributed by atoms with Crippen molar-refractivity contribution in [2.45, 2.75) is 13.0 Å². The molecule has 1 amide bonds. The summed E-state index contributed by atoms with van der Waals surface area (Å²) in [5.74, 6) is -0.271. The summed E-state index contributed by atoms with van der Waals surface area (Å²) in [7, 11) is 1.58. The smallest absolute Gasteiger partial charge is 0.270 e. The van der Waals surface area contributed by atoms with Crippen molar-refractivity contribution in [3.8, 4) is 0 Å². The highest BCUT2D eigenvalue weighted by Crippen LogP contribution is 2.14. The minimum absolute atomic E-state index is 0.0214. The first-order chi connectivity index (χ1) is 8.90. The van der Waals surface area contributed by atoms with Crippen molar-refractivity contribution >= 4 is 17.7 Å². The molecule has 0 aliphatic rings. The van der Waals surface area contributed by atoms with E-state index in [2.05, 4.69) is 0 Å². The van der Waals surface area contributed by atoms with Crippen molar-refractivity contribution in [3.63, 3.8) is 0 Å². The van der Waals surface area contributed by atoms with Gasteiger partial charge in [0.1, 0.15) is 0 Å². The molecular weight excluding hydrogens is 248 g/mol. The number of rotatable bonds is 5. The zero-order valence-electron chi connectivity index (χ0n) is 10.8. The number of benzene rings is 1. The van der Waals surface area contributed by atoms with Gasteiger partial charge in [-0.3, -0.25) is 14.9 Å². The molecule has 0 aliphatic carbocycles. The zero-order chi connectivity index (χ0) is 14.4. The SMILES string of the molecule is CC(O)CN(C)C(=O)C=Cc1cccc([N+](=O)[O-])c1. The van der Waals surface area contributed by atoms with Crippen LogP contribution in [0.4, 0.5) is 5.69 Å². The summed E-state index contributed by atoms with van der Waals surface area (Å²) in [5.41, 5.74) is 0.555. The van der Waals surface area contributed by atoms with Gasteiger partial charge in [-0.2, -0.15) is 0 Å². The third kappa shape index (κ3) is 4.89. The lowest BCUT2D eigenvalue weighted by molar-refractivity contribution is -0.384. The molecule has 0 aliphatic heterocycles. The van der Waals surface area contributed by atoms with E-state index in [0.717, 1.165) is 0 Å². The number of hydrogen-bond acceptors (Lipinski definition) is 4. The third-order valence-corrected chi connectivity index (χ3v) is 2.41. The Labute approximate surface area is 111 Å². The second-order valence-electron chi connectivity index (χ2n) is 4.25. The third-order valence-electron chi connectivity index (χ3n) is 2.41. The van der Waals surface area contributed by atoms with Crippen LogP contribution in [0.3, 0.4) is 0 Å². The van der Waals surface area contributed by atoms with Crippen LogP contribution in [-0.2, 0) is 4.79 Å². The van der Waals surface area contributed by atoms with Crippen molar-refractivity contribution < 1.29 is 14.8 Å². The first-order valence-corrected chi connectivity index (χ1v) is 5.76. The highest BCUT2D eigenvalue weighted by molar-refractivity contribution is 5.91. The minimum atomic E-state index is -0.597. The number of carbonyl (C=O) groups excluding carboxylic acids is 1. The first kappa shape index (κ1) is 14.8. The van der Waals surface area contributed by atoms with Gasteiger partial charge in [-0.05, 0) is 18.6 Å². The standard InChI is InChI=1S/C13H16N2O4/c1-10(16)9-14(2)13(17)7-6-11-4-3-5-12(8-11)15(18)19/h3-8,10,16H,9H2,1-2H3. The van der Waals surface area contributed by atoms with Crippen molar-refractivity contribution in [2.24, 2.45) is 0 Å². The van der Waals surface area contributed by atoms with Crippen LogP contribution in [0.5, 0.6) is 0 Å². The highest BCUT2D eigenvalue weighted by atomic mass is 16.6. The average Bonchev–Trinajstić information content (AvgIpc) is 2.35. The van der Waals surface area contributed by atoms with Crippen LogP contribution in [-0.4, -0.2) is 40.5 Å². The normalized spacial score (nSPS) is 12.4. The zero-order valence-corrected chi connectivity index (χ0v) is 10.8. The van der Waals surface area contributed by atoms with E-state index >= 15 is 0 Å². The molecule has 19 heavy (non-hydrogen) atoms. The lowest BCUT2D eigenvalue weighted by Gasteiger charge is -2.16. The maximum atomic E-state index is 11.7. The van der Waals surface area contributed by atoms with Gasteiger partial charge in [0, 0.05) is 31.8 Å². The van der Waals surface area contributed by atoms with E-state index in [1.54, 1.807) is 26.1 Å². The summed E-state index contributed by atoms with van der Waals surface area (Å²) in [6, 6.07) is 6.00. The van der Waals surface area contributed by atoms with Crippen LogP contribution in [0.2, 0.25) is 0 Å². The van der Waals surface area contributed by atoms with Crippen molar-refractivity contribution in [1.29, 1.82) is 0 Å². The van der Waals surface area contributed by atoms with Gasteiger partial charge < -0.3 is 10.0 Å². The van der Waals surface area contributed by atoms with E-state index in [1.165, 1.54) is 29.2 Å². The Morgan fingerprint density at radius 1 is 1.58 bits per heavy atom. The molecule has 0 saturated heterocycles. The maximum absolute atomic E-state index is 11.7. The topological polar surface area (TPSA) is 83.7 Å². The van der Waals surface area contributed by atoms with Gasteiger partial charge in [0.15, 0.2) is 0 Å². The molecule has 0 aromatic heterocycles. The summed E-state index contributed by atoms with van der Waals surface area (Å²) >= 11 is 0. The Morgan fingerprint density at radius 3 is 2.84 bits per heavy atom. The Kier molecular flexibility index (Phi) is 5.20. The molecule has 6 heteroatoms. The number of carbonyl (C=O) groups is 1. The van der Waals surface area contributed by atoms with E-state index in [0.29, 0.717) is 5.56 Å². The van der Waals surface area contributed by atoms with Gasteiger partial charge in [0.05, 0.1) is 11.0 Å². The van der Waals surface area contributed by atoms with E-state index < -0.39 is 11.0 Å². The number of likely N-dealkylation sites (N-methyl/N-ethyl adjacent to an activating group) is 1. The second-order valence-corrected chi connectivity index (χ2v) is 4.25. The molecule has 6 nitrogen and oxygen atoms in total. The molecule has 1 atom stereocenters. The predicted octanol–water partition coefficient (Wildman–Crippen LogP) is 1.45. The van der Waals surface area contributed by atoms with E-state index in [4.69, 9.17) is 5.11 Å². The Hall–Kier alpha value is -2.21. The minimum Gasteiger partial charge on any atom is -0.392 e. The molecule has 0 radical (unpaired) electrons. The number of nitro groups is 1. The Balaban J connectivity index is 2.73. The fraction of sp³-hybridized carbons (Fsp3) is 0.308. The van der Waals surface area contributed by atoms with Crippen LogP contribution < -0.4 is 0 Å². The summed E-state index contributed by atoms with van der Waals surface area (Å²) in [4.78, 5) is 23.2. The summed E-state index contributed by atoms with van der Waals surface area (Å²) < 4.78 is 0. The summed E-state index contributed by atoms with van der Waals surface area (Å²) in [6.45, 7) is 1.83. The largest absolute Gasteiger partial charge is 0.392 e. The number of nitrogens with zero attached hydrogens (tertiary/aromatic N) is 2. The molecule has 1 rings (SSSR count). The molecule has 0 heterocycles.